The standard InChI is InChI=1S/C29H34ClN3O6S/c1-5-31-29(35)21(3)32(19-22-8-7-9-26(18-22)38-4)28(34)20-33(24-12-14-25(15-13-24)39-6-2)40(36,37)27-16-10-23(30)11-17-27/h7-18,21H,5-6,19-20H2,1-4H3,(H,31,35). The van der Waals surface area contributed by atoms with E-state index < -0.39 is 28.5 Å². The van der Waals surface area contributed by atoms with E-state index in [-0.39, 0.29) is 23.0 Å². The molecule has 0 aliphatic heterocycles. The number of sulfonamides is 1. The smallest absolute Gasteiger partial charge is 0.264 e. The number of rotatable bonds is 13. The molecule has 3 aromatic carbocycles. The Kier molecular flexibility index (Phi) is 10.8. The van der Waals surface area contributed by atoms with Crippen molar-refractivity contribution in [3.63, 3.8) is 0 Å². The normalized spacial score (nSPS) is 11.8. The Bertz CT molecular complexity index is 1400. The second-order valence-corrected chi connectivity index (χ2v) is 11.1. The molecular weight excluding hydrogens is 554 g/mol. The summed E-state index contributed by atoms with van der Waals surface area (Å²) < 4.78 is 39.5. The van der Waals surface area contributed by atoms with Crippen LogP contribution in [0.3, 0.4) is 0 Å². The maximum atomic E-state index is 13.9. The Hall–Kier alpha value is -3.76. The summed E-state index contributed by atoms with van der Waals surface area (Å²) in [4.78, 5) is 28.0. The molecular formula is C29H34ClN3O6S. The van der Waals surface area contributed by atoms with Gasteiger partial charge in [0.15, 0.2) is 0 Å². The fraction of sp³-hybridized carbons (Fsp3) is 0.310. The summed E-state index contributed by atoms with van der Waals surface area (Å²) in [6, 6.07) is 18.4. The average Bonchev–Trinajstić information content (AvgIpc) is 2.95. The minimum atomic E-state index is -4.20. The van der Waals surface area contributed by atoms with Crippen LogP contribution in [0.2, 0.25) is 5.02 Å². The number of hydrogen-bond donors (Lipinski definition) is 1. The molecule has 0 fully saturated rings. The fourth-order valence-electron chi connectivity index (χ4n) is 4.01. The van der Waals surface area contributed by atoms with Gasteiger partial charge in [0.05, 0.1) is 24.3 Å². The Balaban J connectivity index is 2.03. The Morgan fingerprint density at radius 3 is 2.25 bits per heavy atom. The van der Waals surface area contributed by atoms with Crippen LogP contribution < -0.4 is 19.1 Å². The number of carbonyl (C=O) groups is 2. The first-order chi connectivity index (χ1) is 19.1. The van der Waals surface area contributed by atoms with E-state index in [2.05, 4.69) is 5.32 Å². The third kappa shape index (κ3) is 7.67. The van der Waals surface area contributed by atoms with Crippen LogP contribution in [0.1, 0.15) is 26.3 Å². The minimum Gasteiger partial charge on any atom is -0.497 e. The molecule has 214 valence electrons. The Labute approximate surface area is 240 Å². The number of nitrogens with zero attached hydrogens (tertiary/aromatic N) is 2. The Morgan fingerprint density at radius 2 is 1.65 bits per heavy atom. The predicted molar refractivity (Wildman–Crippen MR) is 155 cm³/mol. The Morgan fingerprint density at radius 1 is 0.975 bits per heavy atom. The van der Waals surface area contributed by atoms with E-state index in [1.165, 1.54) is 36.3 Å². The number of carbonyl (C=O) groups excluding carboxylic acids is 2. The molecule has 0 saturated heterocycles. The van der Waals surface area contributed by atoms with Gasteiger partial charge in [0, 0.05) is 18.1 Å². The highest BCUT2D eigenvalue weighted by Crippen LogP contribution is 2.27. The maximum Gasteiger partial charge on any atom is 0.264 e. The summed E-state index contributed by atoms with van der Waals surface area (Å²) in [7, 11) is -2.66. The van der Waals surface area contributed by atoms with Crippen LogP contribution in [-0.2, 0) is 26.2 Å². The molecule has 11 heteroatoms. The van der Waals surface area contributed by atoms with Crippen molar-refractivity contribution >= 4 is 39.1 Å². The van der Waals surface area contributed by atoms with Crippen molar-refractivity contribution in [1.82, 2.24) is 10.2 Å². The first-order valence-corrected chi connectivity index (χ1v) is 14.6. The first kappa shape index (κ1) is 30.8. The van der Waals surface area contributed by atoms with Gasteiger partial charge in [-0.3, -0.25) is 13.9 Å². The van der Waals surface area contributed by atoms with Gasteiger partial charge in [-0.25, -0.2) is 8.42 Å². The van der Waals surface area contributed by atoms with E-state index in [1.54, 1.807) is 56.3 Å². The molecule has 9 nitrogen and oxygen atoms in total. The highest BCUT2D eigenvalue weighted by Gasteiger charge is 2.32. The summed E-state index contributed by atoms with van der Waals surface area (Å²) in [6.45, 7) is 5.58. The van der Waals surface area contributed by atoms with Crippen LogP contribution in [0.15, 0.2) is 77.7 Å². The molecule has 0 heterocycles. The largest absolute Gasteiger partial charge is 0.497 e. The lowest BCUT2D eigenvalue weighted by Gasteiger charge is -2.32. The van der Waals surface area contributed by atoms with Gasteiger partial charge < -0.3 is 19.7 Å². The maximum absolute atomic E-state index is 13.9. The number of ether oxygens (including phenoxy) is 2. The average molecular weight is 588 g/mol. The zero-order valence-corrected chi connectivity index (χ0v) is 24.5. The van der Waals surface area contributed by atoms with Crippen LogP contribution in [0.4, 0.5) is 5.69 Å². The lowest BCUT2D eigenvalue weighted by molar-refractivity contribution is -0.139. The molecule has 0 saturated carbocycles. The zero-order valence-electron chi connectivity index (χ0n) is 23.0. The van der Waals surface area contributed by atoms with E-state index in [9.17, 15) is 18.0 Å². The number of hydrogen-bond acceptors (Lipinski definition) is 6. The molecule has 1 unspecified atom stereocenters. The molecule has 0 radical (unpaired) electrons. The second-order valence-electron chi connectivity index (χ2n) is 8.84. The van der Waals surface area contributed by atoms with Gasteiger partial charge in [0.1, 0.15) is 24.1 Å². The lowest BCUT2D eigenvalue weighted by atomic mass is 10.1. The summed E-state index contributed by atoms with van der Waals surface area (Å²) in [6.07, 6.45) is 0. The number of methoxy groups -OCH3 is 1. The molecule has 3 rings (SSSR count). The van der Waals surface area contributed by atoms with Crippen molar-refractivity contribution in [3.8, 4) is 11.5 Å². The molecule has 0 aliphatic carbocycles. The van der Waals surface area contributed by atoms with Gasteiger partial charge >= 0.3 is 0 Å². The fourth-order valence-corrected chi connectivity index (χ4v) is 5.55. The van der Waals surface area contributed by atoms with E-state index in [0.717, 1.165) is 9.87 Å². The summed E-state index contributed by atoms with van der Waals surface area (Å²) in [5.74, 6) is 0.239. The lowest BCUT2D eigenvalue weighted by Crippen LogP contribution is -2.51. The van der Waals surface area contributed by atoms with Crippen molar-refractivity contribution in [2.24, 2.45) is 0 Å². The van der Waals surface area contributed by atoms with Crippen LogP contribution in [0, 0.1) is 0 Å². The van der Waals surface area contributed by atoms with Gasteiger partial charge in [-0.15, -0.1) is 0 Å². The second kappa shape index (κ2) is 14.0. The molecule has 40 heavy (non-hydrogen) atoms. The minimum absolute atomic E-state index is 0.0327. The number of anilines is 1. The molecule has 2 amide bonds. The monoisotopic (exact) mass is 587 g/mol. The van der Waals surface area contributed by atoms with E-state index in [4.69, 9.17) is 21.1 Å². The highest BCUT2D eigenvalue weighted by atomic mass is 35.5. The molecule has 0 aliphatic rings. The third-order valence-electron chi connectivity index (χ3n) is 6.12. The quantitative estimate of drug-likeness (QED) is 0.316. The molecule has 1 N–H and O–H groups in total. The number of benzene rings is 3. The predicted octanol–water partition coefficient (Wildman–Crippen LogP) is 4.50. The molecule has 1 atom stereocenters. The molecule has 0 aromatic heterocycles. The topological polar surface area (TPSA) is 105 Å². The SMILES string of the molecule is CCNC(=O)C(C)N(Cc1cccc(OC)c1)C(=O)CN(c1ccc(OCC)cc1)S(=O)(=O)c1ccc(Cl)cc1. The van der Waals surface area contributed by atoms with Gasteiger partial charge in [0.25, 0.3) is 10.0 Å². The van der Waals surface area contributed by atoms with Crippen LogP contribution >= 0.6 is 11.6 Å². The van der Waals surface area contributed by atoms with Crippen molar-refractivity contribution in [2.75, 3.05) is 31.1 Å². The third-order valence-corrected chi connectivity index (χ3v) is 8.16. The van der Waals surface area contributed by atoms with Gasteiger partial charge in [0.2, 0.25) is 11.8 Å². The number of nitrogens with one attached hydrogen (secondary N) is 1. The van der Waals surface area contributed by atoms with E-state index >= 15 is 0 Å². The number of halogens is 1. The van der Waals surface area contributed by atoms with Gasteiger partial charge in [-0.1, -0.05) is 23.7 Å². The van der Waals surface area contributed by atoms with E-state index in [0.29, 0.717) is 29.7 Å². The summed E-state index contributed by atoms with van der Waals surface area (Å²) in [5.41, 5.74) is 0.982. The van der Waals surface area contributed by atoms with Crippen molar-refractivity contribution in [1.29, 1.82) is 0 Å². The van der Waals surface area contributed by atoms with Crippen LogP contribution in [0.25, 0.3) is 0 Å². The van der Waals surface area contributed by atoms with Crippen LogP contribution in [0.5, 0.6) is 11.5 Å². The number of likely N-dealkylation sites (N-methyl/N-ethyl adjacent to an activating group) is 1. The molecule has 3 aromatic rings. The van der Waals surface area contributed by atoms with Gasteiger partial charge in [-0.05, 0) is 87.0 Å². The summed E-state index contributed by atoms with van der Waals surface area (Å²) in [5, 5.41) is 3.12. The molecule has 0 spiro atoms. The van der Waals surface area contributed by atoms with E-state index in [1.807, 2.05) is 13.0 Å². The van der Waals surface area contributed by atoms with Crippen LogP contribution in [-0.4, -0.2) is 58.0 Å². The highest BCUT2D eigenvalue weighted by molar-refractivity contribution is 7.92. The zero-order chi connectivity index (χ0) is 29.3. The number of amides is 2. The van der Waals surface area contributed by atoms with Crippen molar-refractivity contribution in [2.45, 2.75) is 38.3 Å². The van der Waals surface area contributed by atoms with Gasteiger partial charge in [-0.2, -0.15) is 0 Å². The van der Waals surface area contributed by atoms with Crippen molar-refractivity contribution in [3.05, 3.63) is 83.4 Å². The van der Waals surface area contributed by atoms with Crippen molar-refractivity contribution < 1.29 is 27.5 Å². The summed E-state index contributed by atoms with van der Waals surface area (Å²) >= 11 is 5.99. The molecule has 0 bridgehead atoms. The first-order valence-electron chi connectivity index (χ1n) is 12.8.